The fourth-order valence-corrected chi connectivity index (χ4v) is 3.61. The molecule has 0 saturated heterocycles. The van der Waals surface area contributed by atoms with Crippen LogP contribution in [0.4, 0.5) is 0 Å². The number of hydrogen-bond acceptors (Lipinski definition) is 4. The lowest BCUT2D eigenvalue weighted by Gasteiger charge is -2.23. The first-order valence-electron chi connectivity index (χ1n) is 11.1. The smallest absolute Gasteiger partial charge is 0.251 e. The van der Waals surface area contributed by atoms with Gasteiger partial charge in [0, 0.05) is 17.7 Å². The maximum absolute atomic E-state index is 12.7. The van der Waals surface area contributed by atoms with Gasteiger partial charge in [-0.15, -0.1) is 0 Å². The van der Waals surface area contributed by atoms with Gasteiger partial charge in [0.25, 0.3) is 5.91 Å². The molecule has 0 atom stereocenters. The van der Waals surface area contributed by atoms with Crippen molar-refractivity contribution < 1.29 is 19.0 Å². The highest BCUT2D eigenvalue weighted by Gasteiger charge is 2.19. The third-order valence-corrected chi connectivity index (χ3v) is 5.48. The summed E-state index contributed by atoms with van der Waals surface area (Å²) < 4.78 is 16.8. The molecule has 3 aromatic carbocycles. The average Bonchev–Trinajstić information content (AvgIpc) is 2.82. The van der Waals surface area contributed by atoms with Crippen molar-refractivity contribution in [3.8, 4) is 17.2 Å². The van der Waals surface area contributed by atoms with E-state index < -0.39 is 0 Å². The second-order valence-electron chi connectivity index (χ2n) is 8.92. The summed E-state index contributed by atoms with van der Waals surface area (Å²) in [6.07, 6.45) is 0.742. The summed E-state index contributed by atoms with van der Waals surface area (Å²) in [5, 5.41) is 2.99. The predicted octanol–water partition coefficient (Wildman–Crippen LogP) is 5.55. The fraction of sp³-hybridized carbons (Fsp3) is 0.321. The van der Waals surface area contributed by atoms with Crippen LogP contribution in [0.1, 0.15) is 47.8 Å². The van der Waals surface area contributed by atoms with Gasteiger partial charge in [0.2, 0.25) is 0 Å². The van der Waals surface area contributed by atoms with E-state index in [4.69, 9.17) is 14.2 Å². The molecule has 5 nitrogen and oxygen atoms in total. The zero-order valence-electron chi connectivity index (χ0n) is 20.1. The number of carbonyl (C=O) groups excluding carboxylic acids is 1. The highest BCUT2D eigenvalue weighted by molar-refractivity contribution is 5.94. The number of methoxy groups -OCH3 is 2. The zero-order chi connectivity index (χ0) is 23.8. The van der Waals surface area contributed by atoms with Crippen molar-refractivity contribution in [2.75, 3.05) is 20.8 Å². The van der Waals surface area contributed by atoms with E-state index in [1.54, 1.807) is 20.3 Å². The van der Waals surface area contributed by atoms with Crippen LogP contribution in [0.3, 0.4) is 0 Å². The number of ether oxygens (including phenoxy) is 3. The number of amides is 1. The highest BCUT2D eigenvalue weighted by atomic mass is 16.5. The molecule has 1 N–H and O–H groups in total. The van der Waals surface area contributed by atoms with Gasteiger partial charge in [0.1, 0.15) is 23.9 Å². The Morgan fingerprint density at radius 2 is 1.61 bits per heavy atom. The van der Waals surface area contributed by atoms with Gasteiger partial charge in [-0.05, 0) is 59.4 Å². The van der Waals surface area contributed by atoms with Crippen LogP contribution in [0, 0.1) is 0 Å². The number of para-hydroxylation sites is 1. The maximum atomic E-state index is 12.7. The standard InChI is InChI=1S/C28H33NO4/c1-28(2,3)24-8-6-7-9-26(24)33-19-22-18-21(12-15-25(22)32-5)27(30)29-17-16-20-10-13-23(31-4)14-11-20/h6-15,18H,16-17,19H2,1-5H3,(H,29,30). The van der Waals surface area contributed by atoms with Crippen molar-refractivity contribution in [2.45, 2.75) is 39.2 Å². The molecule has 5 heteroatoms. The molecule has 1 amide bonds. The molecule has 33 heavy (non-hydrogen) atoms. The Morgan fingerprint density at radius 3 is 2.27 bits per heavy atom. The second kappa shape index (κ2) is 10.9. The van der Waals surface area contributed by atoms with Gasteiger partial charge in [0.15, 0.2) is 0 Å². The number of nitrogens with one attached hydrogen (secondary N) is 1. The van der Waals surface area contributed by atoms with Crippen molar-refractivity contribution >= 4 is 5.91 Å². The Hall–Kier alpha value is -3.47. The molecule has 0 radical (unpaired) electrons. The molecule has 0 aliphatic carbocycles. The van der Waals surface area contributed by atoms with E-state index in [1.165, 1.54) is 0 Å². The number of hydrogen-bond donors (Lipinski definition) is 1. The SMILES string of the molecule is COc1ccc(CCNC(=O)c2ccc(OC)c(COc3ccccc3C(C)(C)C)c2)cc1. The van der Waals surface area contributed by atoms with E-state index in [2.05, 4.69) is 32.2 Å². The Morgan fingerprint density at radius 1 is 0.879 bits per heavy atom. The normalized spacial score (nSPS) is 11.1. The first kappa shape index (κ1) is 24.2. The molecule has 0 saturated carbocycles. The van der Waals surface area contributed by atoms with Crippen LogP contribution in [0.2, 0.25) is 0 Å². The molecule has 0 bridgehead atoms. The molecule has 0 aliphatic rings. The molecular weight excluding hydrogens is 414 g/mol. The number of rotatable bonds is 9. The molecule has 0 heterocycles. The molecule has 0 spiro atoms. The first-order chi connectivity index (χ1) is 15.8. The zero-order valence-corrected chi connectivity index (χ0v) is 20.1. The molecule has 174 valence electrons. The van der Waals surface area contributed by atoms with Crippen molar-refractivity contribution in [1.82, 2.24) is 5.32 Å². The Bertz CT molecular complexity index is 1070. The lowest BCUT2D eigenvalue weighted by Crippen LogP contribution is -2.25. The lowest BCUT2D eigenvalue weighted by molar-refractivity contribution is 0.0954. The summed E-state index contributed by atoms with van der Waals surface area (Å²) in [4.78, 5) is 12.7. The van der Waals surface area contributed by atoms with Crippen molar-refractivity contribution in [1.29, 1.82) is 0 Å². The van der Waals surface area contributed by atoms with Crippen LogP contribution >= 0.6 is 0 Å². The molecule has 3 aromatic rings. The lowest BCUT2D eigenvalue weighted by atomic mass is 9.86. The van der Waals surface area contributed by atoms with Gasteiger partial charge in [-0.1, -0.05) is 51.1 Å². The van der Waals surface area contributed by atoms with Crippen LogP contribution in [0.5, 0.6) is 17.2 Å². The minimum Gasteiger partial charge on any atom is -0.497 e. The van der Waals surface area contributed by atoms with Crippen molar-refractivity contribution in [3.05, 3.63) is 89.0 Å². The Kier molecular flexibility index (Phi) is 7.99. The summed E-state index contributed by atoms with van der Waals surface area (Å²) >= 11 is 0. The molecule has 3 rings (SSSR count). The van der Waals surface area contributed by atoms with Crippen LogP contribution in [0.25, 0.3) is 0 Å². The summed E-state index contributed by atoms with van der Waals surface area (Å²) in [5.41, 5.74) is 3.64. The fourth-order valence-electron chi connectivity index (χ4n) is 3.61. The summed E-state index contributed by atoms with van der Waals surface area (Å²) in [5.74, 6) is 2.22. The van der Waals surface area contributed by atoms with E-state index in [1.807, 2.05) is 54.6 Å². The van der Waals surface area contributed by atoms with Crippen LogP contribution in [0.15, 0.2) is 66.7 Å². The van der Waals surface area contributed by atoms with E-state index in [0.29, 0.717) is 24.5 Å². The Balaban J connectivity index is 1.65. The third-order valence-electron chi connectivity index (χ3n) is 5.48. The third kappa shape index (κ3) is 6.51. The molecule has 0 aromatic heterocycles. The largest absolute Gasteiger partial charge is 0.497 e. The van der Waals surface area contributed by atoms with Gasteiger partial charge in [-0.2, -0.15) is 0 Å². The van der Waals surface area contributed by atoms with E-state index in [-0.39, 0.29) is 11.3 Å². The van der Waals surface area contributed by atoms with Gasteiger partial charge < -0.3 is 19.5 Å². The topological polar surface area (TPSA) is 56.8 Å². The van der Waals surface area contributed by atoms with Crippen LogP contribution < -0.4 is 19.5 Å². The summed E-state index contributed by atoms with van der Waals surface area (Å²) in [7, 11) is 3.27. The van der Waals surface area contributed by atoms with Gasteiger partial charge in [-0.25, -0.2) is 0 Å². The minimum absolute atomic E-state index is 0.0354. The van der Waals surface area contributed by atoms with Crippen LogP contribution in [-0.2, 0) is 18.4 Å². The average molecular weight is 448 g/mol. The van der Waals surface area contributed by atoms with E-state index in [9.17, 15) is 4.79 Å². The molecular formula is C28H33NO4. The van der Waals surface area contributed by atoms with E-state index >= 15 is 0 Å². The van der Waals surface area contributed by atoms with Gasteiger partial charge in [-0.3, -0.25) is 4.79 Å². The van der Waals surface area contributed by atoms with Crippen LogP contribution in [-0.4, -0.2) is 26.7 Å². The number of carbonyl (C=O) groups is 1. The first-order valence-corrected chi connectivity index (χ1v) is 11.1. The molecule has 0 aliphatic heterocycles. The van der Waals surface area contributed by atoms with Gasteiger partial charge in [0.05, 0.1) is 14.2 Å². The highest BCUT2D eigenvalue weighted by Crippen LogP contribution is 2.32. The molecule has 0 fully saturated rings. The molecule has 0 unspecified atom stereocenters. The quantitative estimate of drug-likeness (QED) is 0.467. The maximum Gasteiger partial charge on any atom is 0.251 e. The van der Waals surface area contributed by atoms with Gasteiger partial charge >= 0.3 is 0 Å². The monoisotopic (exact) mass is 447 g/mol. The predicted molar refractivity (Wildman–Crippen MR) is 131 cm³/mol. The Labute approximate surface area is 196 Å². The summed E-state index contributed by atoms with van der Waals surface area (Å²) in [6, 6.07) is 21.3. The second-order valence-corrected chi connectivity index (χ2v) is 8.92. The number of benzene rings is 3. The van der Waals surface area contributed by atoms with Crippen molar-refractivity contribution in [2.24, 2.45) is 0 Å². The van der Waals surface area contributed by atoms with E-state index in [0.717, 1.165) is 34.6 Å². The van der Waals surface area contributed by atoms with Crippen molar-refractivity contribution in [3.63, 3.8) is 0 Å². The minimum atomic E-state index is -0.123. The summed E-state index contributed by atoms with van der Waals surface area (Å²) in [6.45, 7) is 7.33.